The van der Waals surface area contributed by atoms with Crippen molar-refractivity contribution >= 4 is 21.6 Å². The topological polar surface area (TPSA) is 66.5 Å². The maximum absolute atomic E-state index is 12.9. The molecule has 2 aromatic carbocycles. The van der Waals surface area contributed by atoms with E-state index in [1.165, 1.54) is 28.6 Å². The first-order chi connectivity index (χ1) is 12.4. The number of benzene rings is 2. The van der Waals surface area contributed by atoms with E-state index in [0.29, 0.717) is 31.6 Å². The van der Waals surface area contributed by atoms with Crippen LogP contribution in [0.25, 0.3) is 0 Å². The fourth-order valence-electron chi connectivity index (χ4n) is 3.05. The molecule has 0 radical (unpaired) electrons. The van der Waals surface area contributed by atoms with E-state index in [9.17, 15) is 17.6 Å². The van der Waals surface area contributed by atoms with Crippen molar-refractivity contribution in [2.75, 3.05) is 18.4 Å². The second kappa shape index (κ2) is 7.97. The summed E-state index contributed by atoms with van der Waals surface area (Å²) >= 11 is 0. The highest BCUT2D eigenvalue weighted by Crippen LogP contribution is 2.23. The molecule has 1 aliphatic heterocycles. The van der Waals surface area contributed by atoms with Crippen LogP contribution in [0.1, 0.15) is 18.4 Å². The van der Waals surface area contributed by atoms with Gasteiger partial charge in [0.05, 0.1) is 5.75 Å². The zero-order valence-electron chi connectivity index (χ0n) is 14.3. The van der Waals surface area contributed by atoms with E-state index in [1.54, 1.807) is 12.1 Å². The lowest BCUT2D eigenvalue weighted by molar-refractivity contribution is -0.120. The molecule has 1 heterocycles. The second-order valence-corrected chi connectivity index (χ2v) is 8.38. The molecule has 1 saturated heterocycles. The number of piperidine rings is 1. The van der Waals surface area contributed by atoms with Crippen LogP contribution in [0.2, 0.25) is 0 Å². The number of hydrogen-bond acceptors (Lipinski definition) is 3. The quantitative estimate of drug-likeness (QED) is 0.872. The van der Waals surface area contributed by atoms with E-state index < -0.39 is 10.0 Å². The summed E-state index contributed by atoms with van der Waals surface area (Å²) in [6.07, 6.45) is 0.947. The van der Waals surface area contributed by atoms with Crippen LogP contribution in [0, 0.1) is 11.7 Å². The summed E-state index contributed by atoms with van der Waals surface area (Å²) in [6.45, 7) is 0.660. The summed E-state index contributed by atoms with van der Waals surface area (Å²) in [6, 6.07) is 14.7. The molecular formula is C19H21FN2O3S. The number of nitrogens with one attached hydrogen (secondary N) is 1. The van der Waals surface area contributed by atoms with E-state index in [4.69, 9.17) is 0 Å². The van der Waals surface area contributed by atoms with Gasteiger partial charge in [-0.25, -0.2) is 17.1 Å². The minimum Gasteiger partial charge on any atom is -0.326 e. The Morgan fingerprint density at radius 3 is 2.27 bits per heavy atom. The number of halogens is 1. The highest BCUT2D eigenvalue weighted by Gasteiger charge is 2.31. The molecule has 0 unspecified atom stereocenters. The fourth-order valence-corrected chi connectivity index (χ4v) is 4.61. The van der Waals surface area contributed by atoms with Gasteiger partial charge in [0.1, 0.15) is 5.82 Å². The summed E-state index contributed by atoms with van der Waals surface area (Å²) in [5, 5.41) is 2.76. The van der Waals surface area contributed by atoms with Crippen molar-refractivity contribution in [1.29, 1.82) is 0 Å². The normalized spacial score (nSPS) is 16.3. The van der Waals surface area contributed by atoms with Crippen molar-refractivity contribution < 1.29 is 17.6 Å². The molecule has 1 fully saturated rings. The SMILES string of the molecule is O=C(Nc1ccc(F)cc1)C1CCN(S(=O)(=O)Cc2ccccc2)CC1. The van der Waals surface area contributed by atoms with Gasteiger partial charge in [0.2, 0.25) is 15.9 Å². The van der Waals surface area contributed by atoms with Crippen molar-refractivity contribution in [2.45, 2.75) is 18.6 Å². The molecule has 1 aliphatic rings. The summed E-state index contributed by atoms with van der Waals surface area (Å²) in [5.74, 6) is -0.792. The highest BCUT2D eigenvalue weighted by molar-refractivity contribution is 7.88. The molecule has 0 aliphatic carbocycles. The van der Waals surface area contributed by atoms with Crippen molar-refractivity contribution in [1.82, 2.24) is 4.31 Å². The zero-order valence-corrected chi connectivity index (χ0v) is 15.1. The standard InChI is InChI=1S/C19H21FN2O3S/c20-17-6-8-18(9-7-17)21-19(23)16-10-12-22(13-11-16)26(24,25)14-15-4-2-1-3-5-15/h1-9,16H,10-14H2,(H,21,23). The third-order valence-electron chi connectivity index (χ3n) is 4.52. The summed E-state index contributed by atoms with van der Waals surface area (Å²) < 4.78 is 39.5. The van der Waals surface area contributed by atoms with Gasteiger partial charge in [-0.05, 0) is 42.7 Å². The third kappa shape index (κ3) is 4.68. The lowest BCUT2D eigenvalue weighted by atomic mass is 9.97. The monoisotopic (exact) mass is 376 g/mol. The summed E-state index contributed by atoms with van der Waals surface area (Å²) in [7, 11) is -3.39. The van der Waals surface area contributed by atoms with Crippen LogP contribution >= 0.6 is 0 Å². The van der Waals surface area contributed by atoms with Crippen molar-refractivity contribution in [3.05, 3.63) is 66.0 Å². The maximum Gasteiger partial charge on any atom is 0.227 e. The molecule has 1 amide bonds. The molecule has 26 heavy (non-hydrogen) atoms. The molecule has 7 heteroatoms. The van der Waals surface area contributed by atoms with E-state index in [1.807, 2.05) is 18.2 Å². The number of rotatable bonds is 5. The first-order valence-electron chi connectivity index (χ1n) is 8.52. The minimum absolute atomic E-state index is 0.0275. The van der Waals surface area contributed by atoms with Gasteiger partial charge < -0.3 is 5.32 Å². The molecule has 1 N–H and O–H groups in total. The Kier molecular flexibility index (Phi) is 5.68. The molecule has 0 bridgehead atoms. The van der Waals surface area contributed by atoms with E-state index >= 15 is 0 Å². The highest BCUT2D eigenvalue weighted by atomic mass is 32.2. The Balaban J connectivity index is 1.54. The van der Waals surface area contributed by atoms with Gasteiger partial charge in [-0.3, -0.25) is 4.79 Å². The van der Waals surface area contributed by atoms with Crippen molar-refractivity contribution in [2.24, 2.45) is 5.92 Å². The minimum atomic E-state index is -3.39. The number of carbonyl (C=O) groups is 1. The van der Waals surface area contributed by atoms with E-state index in [2.05, 4.69) is 5.32 Å². The van der Waals surface area contributed by atoms with Crippen LogP contribution in [0.3, 0.4) is 0 Å². The third-order valence-corrected chi connectivity index (χ3v) is 6.37. The first kappa shape index (κ1) is 18.5. The molecule has 3 rings (SSSR count). The van der Waals surface area contributed by atoms with Crippen LogP contribution in [-0.4, -0.2) is 31.7 Å². The predicted molar refractivity (Wildman–Crippen MR) is 98.4 cm³/mol. The molecule has 2 aromatic rings. The number of sulfonamides is 1. The Bertz CT molecular complexity index is 846. The number of nitrogens with zero attached hydrogens (tertiary/aromatic N) is 1. The van der Waals surface area contributed by atoms with Crippen molar-refractivity contribution in [3.8, 4) is 0 Å². The van der Waals surface area contributed by atoms with E-state index in [-0.39, 0.29) is 23.4 Å². The van der Waals surface area contributed by atoms with Gasteiger partial charge in [0.25, 0.3) is 0 Å². The van der Waals surface area contributed by atoms with Crippen LogP contribution in [0.5, 0.6) is 0 Å². The molecule has 0 spiro atoms. The van der Waals surface area contributed by atoms with Crippen LogP contribution < -0.4 is 5.32 Å². The molecular weight excluding hydrogens is 355 g/mol. The predicted octanol–water partition coefficient (Wildman–Crippen LogP) is 3.01. The number of anilines is 1. The summed E-state index contributed by atoms with van der Waals surface area (Å²) in [5.41, 5.74) is 1.29. The molecule has 5 nitrogen and oxygen atoms in total. The Morgan fingerprint density at radius 1 is 1.04 bits per heavy atom. The molecule has 0 aromatic heterocycles. The largest absolute Gasteiger partial charge is 0.326 e. The first-order valence-corrected chi connectivity index (χ1v) is 10.1. The lowest BCUT2D eigenvalue weighted by Crippen LogP contribution is -2.41. The maximum atomic E-state index is 12.9. The van der Waals surface area contributed by atoms with E-state index in [0.717, 1.165) is 5.56 Å². The fraction of sp³-hybridized carbons (Fsp3) is 0.316. The van der Waals surface area contributed by atoms with Gasteiger partial charge in [-0.15, -0.1) is 0 Å². The molecule has 0 saturated carbocycles. The van der Waals surface area contributed by atoms with Gasteiger partial charge in [0.15, 0.2) is 0 Å². The van der Waals surface area contributed by atoms with Crippen molar-refractivity contribution in [3.63, 3.8) is 0 Å². The Hall–Kier alpha value is -2.25. The molecule has 138 valence electrons. The number of hydrogen-bond donors (Lipinski definition) is 1. The Labute approximate surface area is 152 Å². The van der Waals surface area contributed by atoms with Gasteiger partial charge in [-0.2, -0.15) is 0 Å². The van der Waals surface area contributed by atoms with Gasteiger partial charge in [-0.1, -0.05) is 30.3 Å². The smallest absolute Gasteiger partial charge is 0.227 e. The lowest BCUT2D eigenvalue weighted by Gasteiger charge is -2.30. The van der Waals surface area contributed by atoms with Crippen LogP contribution in [0.15, 0.2) is 54.6 Å². The van der Waals surface area contributed by atoms with Crippen LogP contribution in [0.4, 0.5) is 10.1 Å². The Morgan fingerprint density at radius 2 is 1.65 bits per heavy atom. The summed E-state index contributed by atoms with van der Waals surface area (Å²) in [4.78, 5) is 12.3. The average molecular weight is 376 g/mol. The zero-order chi connectivity index (χ0) is 18.6. The average Bonchev–Trinajstić information content (AvgIpc) is 2.64. The van der Waals surface area contributed by atoms with Gasteiger partial charge >= 0.3 is 0 Å². The van der Waals surface area contributed by atoms with Gasteiger partial charge in [0, 0.05) is 24.7 Å². The number of amides is 1. The second-order valence-electron chi connectivity index (χ2n) is 6.41. The molecule has 0 atom stereocenters. The van der Waals surface area contributed by atoms with Crippen LogP contribution in [-0.2, 0) is 20.6 Å². The number of carbonyl (C=O) groups excluding carboxylic acids is 1.